The first-order chi connectivity index (χ1) is 15.4. The van der Waals surface area contributed by atoms with Crippen molar-refractivity contribution in [3.05, 3.63) is 29.3 Å². The van der Waals surface area contributed by atoms with Crippen LogP contribution in [0.3, 0.4) is 0 Å². The van der Waals surface area contributed by atoms with E-state index in [1.54, 1.807) is 18.2 Å². The molecule has 178 valence electrons. The van der Waals surface area contributed by atoms with Crippen molar-refractivity contribution in [1.29, 1.82) is 0 Å². The number of nitrogens with zero attached hydrogens (tertiary/aromatic N) is 3. The van der Waals surface area contributed by atoms with E-state index in [0.717, 1.165) is 29.4 Å². The summed E-state index contributed by atoms with van der Waals surface area (Å²) >= 11 is 0. The van der Waals surface area contributed by atoms with Gasteiger partial charge in [-0.1, -0.05) is 25.9 Å². The molecule has 1 aromatic carbocycles. The normalized spacial score (nSPS) is 18.9. The van der Waals surface area contributed by atoms with Crippen molar-refractivity contribution in [1.82, 2.24) is 15.2 Å². The van der Waals surface area contributed by atoms with Gasteiger partial charge in [-0.25, -0.2) is 4.98 Å². The zero-order chi connectivity index (χ0) is 24.0. The van der Waals surface area contributed by atoms with Crippen LogP contribution in [0.1, 0.15) is 44.7 Å². The Labute approximate surface area is 189 Å². The fourth-order valence-corrected chi connectivity index (χ4v) is 4.00. The lowest BCUT2D eigenvalue weighted by atomic mass is 9.80. The molecular weight excluding hydrogens is 435 g/mol. The highest BCUT2D eigenvalue weighted by Crippen LogP contribution is 2.36. The van der Waals surface area contributed by atoms with Crippen LogP contribution in [-0.4, -0.2) is 45.7 Å². The van der Waals surface area contributed by atoms with Crippen molar-refractivity contribution in [3.63, 3.8) is 0 Å². The maximum Gasteiger partial charge on any atom is 0.405 e. The van der Waals surface area contributed by atoms with Gasteiger partial charge in [0.25, 0.3) is 5.89 Å². The van der Waals surface area contributed by atoms with Crippen molar-refractivity contribution in [3.8, 4) is 11.6 Å². The third-order valence-electron chi connectivity index (χ3n) is 6.03. The monoisotopic (exact) mass is 463 g/mol. The molecule has 0 aliphatic heterocycles. The standard InChI is InChI=1S/C23H28F3N5O2/c1-12-7-18(20-30-31-21(33-20)29-17-6-5-13(17)10-32)28-19-15(12)8-14(27-11-23(24,25)26)9-16(19)22(2,3)4/h7-9,13,17,27,32H,5-6,10-11H2,1-4H3,(H,29,31)/t13-,17?/m0/s1. The largest absolute Gasteiger partial charge is 0.405 e. The first-order valence-electron chi connectivity index (χ1n) is 10.9. The predicted molar refractivity (Wildman–Crippen MR) is 120 cm³/mol. The van der Waals surface area contributed by atoms with Crippen LogP contribution in [0, 0.1) is 12.8 Å². The SMILES string of the molecule is Cc1cc(-c2nnc(NC3CC[C@H]3CO)o2)nc2c(C(C)(C)C)cc(NCC(F)(F)F)cc12. The zero-order valence-corrected chi connectivity index (χ0v) is 19.0. The number of aromatic nitrogens is 3. The minimum absolute atomic E-state index is 0.102. The molecule has 10 heteroatoms. The van der Waals surface area contributed by atoms with E-state index in [1.807, 2.05) is 27.7 Å². The maximum absolute atomic E-state index is 12.7. The van der Waals surface area contributed by atoms with Gasteiger partial charge in [0.1, 0.15) is 12.2 Å². The van der Waals surface area contributed by atoms with Crippen LogP contribution >= 0.6 is 0 Å². The number of rotatable bonds is 6. The molecule has 3 N–H and O–H groups in total. The van der Waals surface area contributed by atoms with Crippen LogP contribution in [0.2, 0.25) is 0 Å². The molecule has 2 atom stereocenters. The van der Waals surface area contributed by atoms with Crippen LogP contribution in [0.25, 0.3) is 22.5 Å². The molecule has 0 amide bonds. The summed E-state index contributed by atoms with van der Waals surface area (Å²) in [5.74, 6) is 0.428. The lowest BCUT2D eigenvalue weighted by Gasteiger charge is -2.34. The second-order valence-electron chi connectivity index (χ2n) is 9.65. The van der Waals surface area contributed by atoms with Gasteiger partial charge < -0.3 is 20.2 Å². The first-order valence-corrected chi connectivity index (χ1v) is 10.9. The van der Waals surface area contributed by atoms with Gasteiger partial charge in [-0.15, -0.1) is 5.10 Å². The maximum atomic E-state index is 12.7. The highest BCUT2D eigenvalue weighted by Gasteiger charge is 2.31. The van der Waals surface area contributed by atoms with Gasteiger partial charge in [0.2, 0.25) is 0 Å². The molecule has 0 spiro atoms. The molecule has 0 radical (unpaired) electrons. The number of pyridine rings is 1. The quantitative estimate of drug-likeness (QED) is 0.471. The molecule has 0 saturated heterocycles. The Morgan fingerprint density at radius 2 is 1.88 bits per heavy atom. The van der Waals surface area contributed by atoms with Crippen molar-refractivity contribution in [2.75, 3.05) is 23.8 Å². The Balaban J connectivity index is 1.70. The van der Waals surface area contributed by atoms with E-state index in [2.05, 4.69) is 20.8 Å². The number of halogens is 3. The van der Waals surface area contributed by atoms with Gasteiger partial charge in [-0.05, 0) is 54.5 Å². The number of hydrogen-bond acceptors (Lipinski definition) is 7. The summed E-state index contributed by atoms with van der Waals surface area (Å²) in [6.07, 6.45) is -2.43. The van der Waals surface area contributed by atoms with E-state index in [-0.39, 0.29) is 35.9 Å². The van der Waals surface area contributed by atoms with Crippen molar-refractivity contribution >= 4 is 22.6 Å². The summed E-state index contributed by atoms with van der Waals surface area (Å²) in [6.45, 7) is 6.85. The fraction of sp³-hybridized carbons (Fsp3) is 0.522. The van der Waals surface area contributed by atoms with E-state index in [9.17, 15) is 18.3 Å². The second-order valence-corrected chi connectivity index (χ2v) is 9.65. The summed E-state index contributed by atoms with van der Waals surface area (Å²) < 4.78 is 44.0. The highest BCUT2D eigenvalue weighted by atomic mass is 19.4. The highest BCUT2D eigenvalue weighted by molar-refractivity contribution is 5.90. The van der Waals surface area contributed by atoms with Crippen molar-refractivity contribution in [2.24, 2.45) is 5.92 Å². The number of nitrogens with one attached hydrogen (secondary N) is 2. The minimum atomic E-state index is -4.31. The zero-order valence-electron chi connectivity index (χ0n) is 19.0. The third-order valence-corrected chi connectivity index (χ3v) is 6.03. The fourth-order valence-electron chi connectivity index (χ4n) is 4.00. The van der Waals surface area contributed by atoms with E-state index in [4.69, 9.17) is 9.40 Å². The average Bonchev–Trinajstić information content (AvgIpc) is 3.17. The Morgan fingerprint density at radius 3 is 2.48 bits per heavy atom. The molecule has 1 fully saturated rings. The van der Waals surface area contributed by atoms with Gasteiger partial charge in [0.05, 0.1) is 5.52 Å². The molecule has 1 aliphatic carbocycles. The van der Waals surface area contributed by atoms with Crippen LogP contribution in [-0.2, 0) is 5.41 Å². The Bertz CT molecular complexity index is 1150. The molecular formula is C23H28F3N5O2. The number of aliphatic hydroxyl groups is 1. The third kappa shape index (κ3) is 5.05. The molecule has 2 heterocycles. The lowest BCUT2D eigenvalue weighted by molar-refractivity contribution is -0.115. The average molecular weight is 464 g/mol. The first kappa shape index (κ1) is 23.3. The predicted octanol–water partition coefficient (Wildman–Crippen LogP) is 5.05. The Morgan fingerprint density at radius 1 is 1.12 bits per heavy atom. The number of aryl methyl sites for hydroxylation is 1. The number of anilines is 2. The molecule has 1 saturated carbocycles. The number of alkyl halides is 3. The van der Waals surface area contributed by atoms with E-state index in [0.29, 0.717) is 16.9 Å². The molecule has 0 bridgehead atoms. The summed E-state index contributed by atoms with van der Waals surface area (Å²) in [4.78, 5) is 4.77. The van der Waals surface area contributed by atoms with E-state index < -0.39 is 12.7 Å². The number of benzene rings is 1. The lowest BCUT2D eigenvalue weighted by Crippen LogP contribution is -2.40. The summed E-state index contributed by atoms with van der Waals surface area (Å²) in [5, 5.41) is 23.9. The minimum Gasteiger partial charge on any atom is -0.402 e. The summed E-state index contributed by atoms with van der Waals surface area (Å²) in [6, 6.07) is 5.57. The van der Waals surface area contributed by atoms with E-state index in [1.165, 1.54) is 0 Å². The van der Waals surface area contributed by atoms with Gasteiger partial charge >= 0.3 is 12.2 Å². The molecule has 3 aromatic rings. The van der Waals surface area contributed by atoms with Crippen LogP contribution in [0.5, 0.6) is 0 Å². The van der Waals surface area contributed by atoms with E-state index >= 15 is 0 Å². The summed E-state index contributed by atoms with van der Waals surface area (Å²) in [5.41, 5.74) is 2.86. The van der Waals surface area contributed by atoms with Gasteiger partial charge in [0, 0.05) is 29.6 Å². The molecule has 2 aromatic heterocycles. The molecule has 33 heavy (non-hydrogen) atoms. The Hall–Kier alpha value is -2.88. The summed E-state index contributed by atoms with van der Waals surface area (Å²) in [7, 11) is 0. The van der Waals surface area contributed by atoms with Crippen LogP contribution in [0.4, 0.5) is 24.9 Å². The number of aliphatic hydroxyl groups excluding tert-OH is 1. The smallest absolute Gasteiger partial charge is 0.402 e. The van der Waals surface area contributed by atoms with Crippen molar-refractivity contribution < 1.29 is 22.7 Å². The Kier molecular flexibility index (Phi) is 5.98. The van der Waals surface area contributed by atoms with Gasteiger partial charge in [-0.2, -0.15) is 13.2 Å². The topological polar surface area (TPSA) is 96.1 Å². The van der Waals surface area contributed by atoms with Gasteiger partial charge in [0.15, 0.2) is 0 Å². The van der Waals surface area contributed by atoms with Crippen molar-refractivity contribution in [2.45, 2.75) is 58.2 Å². The molecule has 1 aliphatic rings. The molecule has 1 unspecified atom stereocenters. The molecule has 7 nitrogen and oxygen atoms in total. The van der Waals surface area contributed by atoms with Gasteiger partial charge in [-0.3, -0.25) is 0 Å². The number of fused-ring (bicyclic) bond motifs is 1. The van der Waals surface area contributed by atoms with Crippen LogP contribution in [0.15, 0.2) is 22.6 Å². The second kappa shape index (κ2) is 8.48. The molecule has 4 rings (SSSR count). The number of hydrogen-bond donors (Lipinski definition) is 3. The van der Waals surface area contributed by atoms with Crippen LogP contribution < -0.4 is 10.6 Å².